The zero-order valence-electron chi connectivity index (χ0n) is 9.06. The summed E-state index contributed by atoms with van der Waals surface area (Å²) < 4.78 is 4.71. The fraction of sp³-hybridized carbons (Fsp3) is 0.778. The van der Waals surface area contributed by atoms with Gasteiger partial charge < -0.3 is 20.3 Å². The molecule has 2 atom stereocenters. The highest BCUT2D eigenvalue weighted by atomic mass is 16.5. The van der Waals surface area contributed by atoms with Crippen LogP contribution in [0.1, 0.15) is 20.8 Å². The third-order valence-electron chi connectivity index (χ3n) is 1.57. The number of carboxylic acids is 1. The molecular weight excluding hydrogens is 202 g/mol. The van der Waals surface area contributed by atoms with Crippen LogP contribution in [0.4, 0.5) is 4.79 Å². The second-order valence-corrected chi connectivity index (χ2v) is 3.69. The molecule has 15 heavy (non-hydrogen) atoms. The molecule has 0 saturated carbocycles. The lowest BCUT2D eigenvalue weighted by molar-refractivity contribution is -0.142. The van der Waals surface area contributed by atoms with Crippen molar-refractivity contribution in [2.75, 3.05) is 6.61 Å². The highest BCUT2D eigenvalue weighted by molar-refractivity contribution is 5.80. The van der Waals surface area contributed by atoms with Crippen LogP contribution in [0.3, 0.4) is 0 Å². The molecule has 0 spiro atoms. The zero-order valence-corrected chi connectivity index (χ0v) is 9.06. The summed E-state index contributed by atoms with van der Waals surface area (Å²) in [6.45, 7) is 5.20. The van der Waals surface area contributed by atoms with Gasteiger partial charge in [-0.05, 0) is 12.8 Å². The Morgan fingerprint density at radius 1 is 1.33 bits per heavy atom. The van der Waals surface area contributed by atoms with Gasteiger partial charge in [0.25, 0.3) is 0 Å². The van der Waals surface area contributed by atoms with E-state index in [-0.39, 0.29) is 12.5 Å². The summed E-state index contributed by atoms with van der Waals surface area (Å²) in [6, 6.07) is -1.34. The van der Waals surface area contributed by atoms with Crippen LogP contribution in [0.5, 0.6) is 0 Å². The molecule has 0 fully saturated rings. The van der Waals surface area contributed by atoms with Gasteiger partial charge in [-0.3, -0.25) is 0 Å². The van der Waals surface area contributed by atoms with Gasteiger partial charge in [-0.25, -0.2) is 9.59 Å². The van der Waals surface area contributed by atoms with Gasteiger partial charge in [-0.1, -0.05) is 13.8 Å². The van der Waals surface area contributed by atoms with Gasteiger partial charge in [0, 0.05) is 0 Å². The van der Waals surface area contributed by atoms with E-state index in [0.717, 1.165) is 0 Å². The van der Waals surface area contributed by atoms with Crippen LogP contribution >= 0.6 is 0 Å². The average molecular weight is 219 g/mol. The van der Waals surface area contributed by atoms with Gasteiger partial charge in [0.15, 0.2) is 6.04 Å². The predicted octanol–water partition coefficient (Wildman–Crippen LogP) is 0.203. The summed E-state index contributed by atoms with van der Waals surface area (Å²) >= 11 is 0. The molecule has 0 aromatic heterocycles. The second kappa shape index (κ2) is 6.23. The molecule has 0 aromatic rings. The number of amides is 1. The van der Waals surface area contributed by atoms with Crippen molar-refractivity contribution in [2.24, 2.45) is 5.92 Å². The first-order valence-corrected chi connectivity index (χ1v) is 4.68. The summed E-state index contributed by atoms with van der Waals surface area (Å²) in [4.78, 5) is 21.6. The normalized spacial score (nSPS) is 14.5. The van der Waals surface area contributed by atoms with Gasteiger partial charge >= 0.3 is 12.1 Å². The molecule has 2 unspecified atom stereocenters. The Morgan fingerprint density at radius 2 is 1.87 bits per heavy atom. The highest BCUT2D eigenvalue weighted by Gasteiger charge is 2.25. The minimum absolute atomic E-state index is 0.172. The first-order chi connectivity index (χ1) is 6.84. The predicted molar refractivity (Wildman–Crippen MR) is 52.4 cm³/mol. The number of hydrogen-bond donors (Lipinski definition) is 3. The first-order valence-electron chi connectivity index (χ1n) is 4.68. The lowest BCUT2D eigenvalue weighted by Crippen LogP contribution is -2.48. The molecule has 0 rings (SSSR count). The second-order valence-electron chi connectivity index (χ2n) is 3.69. The fourth-order valence-electron chi connectivity index (χ4n) is 0.800. The number of hydrogen-bond acceptors (Lipinski definition) is 4. The molecule has 6 heteroatoms. The van der Waals surface area contributed by atoms with Crippen molar-refractivity contribution < 1.29 is 24.5 Å². The van der Waals surface area contributed by atoms with E-state index in [2.05, 4.69) is 5.32 Å². The van der Waals surface area contributed by atoms with Gasteiger partial charge in [-0.2, -0.15) is 0 Å². The van der Waals surface area contributed by atoms with E-state index in [1.807, 2.05) is 13.8 Å². The minimum Gasteiger partial charge on any atom is -0.480 e. The Balaban J connectivity index is 4.07. The van der Waals surface area contributed by atoms with Crippen molar-refractivity contribution in [1.29, 1.82) is 0 Å². The number of aliphatic hydroxyl groups is 1. The fourth-order valence-corrected chi connectivity index (χ4v) is 0.800. The maximum absolute atomic E-state index is 11.1. The van der Waals surface area contributed by atoms with Crippen molar-refractivity contribution >= 4 is 12.1 Å². The molecule has 0 aliphatic heterocycles. The Labute approximate surface area is 88.2 Å². The van der Waals surface area contributed by atoms with E-state index in [9.17, 15) is 9.59 Å². The van der Waals surface area contributed by atoms with E-state index in [1.165, 1.54) is 6.92 Å². The molecule has 0 bridgehead atoms. The molecule has 0 aliphatic carbocycles. The largest absolute Gasteiger partial charge is 0.480 e. The Kier molecular flexibility index (Phi) is 5.69. The van der Waals surface area contributed by atoms with Crippen molar-refractivity contribution in [1.82, 2.24) is 5.32 Å². The van der Waals surface area contributed by atoms with E-state index in [0.29, 0.717) is 0 Å². The molecule has 6 nitrogen and oxygen atoms in total. The standard InChI is InChI=1S/C9H17NO5/c1-5(2)4-15-9(14)10-7(6(3)11)8(12)13/h5-7,11H,4H2,1-3H3,(H,10,14)(H,12,13). The van der Waals surface area contributed by atoms with E-state index >= 15 is 0 Å². The van der Waals surface area contributed by atoms with Gasteiger partial charge in [0.05, 0.1) is 12.7 Å². The monoisotopic (exact) mass is 219 g/mol. The van der Waals surface area contributed by atoms with E-state index in [4.69, 9.17) is 14.9 Å². The van der Waals surface area contributed by atoms with Crippen LogP contribution in [0.25, 0.3) is 0 Å². The maximum atomic E-state index is 11.1. The van der Waals surface area contributed by atoms with Crippen LogP contribution in [0.2, 0.25) is 0 Å². The number of aliphatic hydroxyl groups excluding tert-OH is 1. The number of aliphatic carboxylic acids is 1. The summed E-state index contributed by atoms with van der Waals surface area (Å²) in [7, 11) is 0. The lowest BCUT2D eigenvalue weighted by Gasteiger charge is -2.17. The SMILES string of the molecule is CC(C)COC(=O)NC(C(=O)O)C(C)O. The first kappa shape index (κ1) is 13.7. The summed E-state index contributed by atoms with van der Waals surface area (Å²) in [5.41, 5.74) is 0. The van der Waals surface area contributed by atoms with E-state index < -0.39 is 24.2 Å². The molecule has 0 saturated heterocycles. The number of carbonyl (C=O) groups excluding carboxylic acids is 1. The number of alkyl carbamates (subject to hydrolysis) is 1. The number of rotatable bonds is 5. The smallest absolute Gasteiger partial charge is 0.407 e. The third-order valence-corrected chi connectivity index (χ3v) is 1.57. The number of nitrogens with one attached hydrogen (secondary N) is 1. The third kappa shape index (κ3) is 5.90. The van der Waals surface area contributed by atoms with Crippen LogP contribution in [0.15, 0.2) is 0 Å². The minimum atomic E-state index is -1.34. The van der Waals surface area contributed by atoms with Crippen LogP contribution in [-0.4, -0.2) is 41.0 Å². The molecule has 0 radical (unpaired) electrons. The van der Waals surface area contributed by atoms with Crippen molar-refractivity contribution in [2.45, 2.75) is 32.9 Å². The summed E-state index contributed by atoms with van der Waals surface area (Å²) in [6.07, 6.45) is -2.01. The van der Waals surface area contributed by atoms with Crippen LogP contribution in [0, 0.1) is 5.92 Å². The highest BCUT2D eigenvalue weighted by Crippen LogP contribution is 1.96. The average Bonchev–Trinajstić information content (AvgIpc) is 2.09. The van der Waals surface area contributed by atoms with Gasteiger partial charge in [0.2, 0.25) is 0 Å². The molecular formula is C9H17NO5. The maximum Gasteiger partial charge on any atom is 0.407 e. The van der Waals surface area contributed by atoms with Crippen LogP contribution < -0.4 is 5.32 Å². The molecule has 3 N–H and O–H groups in total. The Bertz CT molecular complexity index is 227. The molecule has 88 valence electrons. The van der Waals surface area contributed by atoms with Gasteiger partial charge in [-0.15, -0.1) is 0 Å². The summed E-state index contributed by atoms with van der Waals surface area (Å²) in [5, 5.41) is 19.8. The number of carboxylic acid groups (broad SMARTS) is 1. The van der Waals surface area contributed by atoms with Crippen molar-refractivity contribution in [3.63, 3.8) is 0 Å². The molecule has 0 heterocycles. The zero-order chi connectivity index (χ0) is 12.0. The number of ether oxygens (including phenoxy) is 1. The van der Waals surface area contributed by atoms with Crippen LogP contribution in [-0.2, 0) is 9.53 Å². The Hall–Kier alpha value is -1.30. The van der Waals surface area contributed by atoms with Gasteiger partial charge in [0.1, 0.15) is 0 Å². The molecule has 1 amide bonds. The summed E-state index contributed by atoms with van der Waals surface area (Å²) in [5.74, 6) is -1.13. The van der Waals surface area contributed by atoms with Crippen molar-refractivity contribution in [3.05, 3.63) is 0 Å². The molecule has 0 aliphatic rings. The van der Waals surface area contributed by atoms with Crippen molar-refractivity contribution in [3.8, 4) is 0 Å². The number of carbonyl (C=O) groups is 2. The van der Waals surface area contributed by atoms with E-state index in [1.54, 1.807) is 0 Å². The lowest BCUT2D eigenvalue weighted by atomic mass is 10.2. The Morgan fingerprint density at radius 3 is 2.20 bits per heavy atom. The quantitative estimate of drug-likeness (QED) is 0.614. The molecule has 0 aromatic carbocycles. The topological polar surface area (TPSA) is 95.9 Å².